The van der Waals surface area contributed by atoms with Crippen LogP contribution in [0.25, 0.3) is 0 Å². The van der Waals surface area contributed by atoms with E-state index in [2.05, 4.69) is 37.9 Å². The van der Waals surface area contributed by atoms with E-state index in [4.69, 9.17) is 4.74 Å². The monoisotopic (exact) mass is 282 g/mol. The van der Waals surface area contributed by atoms with Crippen LogP contribution in [0.5, 0.6) is 0 Å². The normalized spacial score (nSPS) is 32.2. The van der Waals surface area contributed by atoms with Crippen molar-refractivity contribution in [2.24, 2.45) is 5.92 Å². The molecule has 3 atom stereocenters. The molecule has 2 aliphatic heterocycles. The van der Waals surface area contributed by atoms with Crippen LogP contribution in [0.3, 0.4) is 0 Å². The largest absolute Gasteiger partial charge is 0.378 e. The summed E-state index contributed by atoms with van der Waals surface area (Å²) < 4.78 is 5.95. The second-order valence-corrected chi connectivity index (χ2v) is 7.27. The van der Waals surface area contributed by atoms with E-state index in [-0.39, 0.29) is 0 Å². The van der Waals surface area contributed by atoms with Crippen LogP contribution < -0.4 is 5.32 Å². The molecule has 0 aromatic heterocycles. The first-order valence-electron chi connectivity index (χ1n) is 8.68. The fraction of sp³-hybridized carbons (Fsp3) is 1.00. The number of piperidine rings is 1. The molecule has 2 saturated heterocycles. The summed E-state index contributed by atoms with van der Waals surface area (Å²) in [4.78, 5) is 2.74. The zero-order valence-corrected chi connectivity index (χ0v) is 13.9. The summed E-state index contributed by atoms with van der Waals surface area (Å²) in [5.74, 6) is 0.639. The van der Waals surface area contributed by atoms with Crippen molar-refractivity contribution in [3.05, 3.63) is 0 Å². The van der Waals surface area contributed by atoms with Crippen LogP contribution in [0, 0.1) is 5.92 Å². The molecular weight excluding hydrogens is 248 g/mol. The highest BCUT2D eigenvalue weighted by atomic mass is 16.5. The van der Waals surface area contributed by atoms with Crippen molar-refractivity contribution in [2.45, 2.75) is 84.0 Å². The fourth-order valence-corrected chi connectivity index (χ4v) is 3.69. The predicted molar refractivity (Wildman–Crippen MR) is 85.1 cm³/mol. The molecule has 20 heavy (non-hydrogen) atoms. The summed E-state index contributed by atoms with van der Waals surface area (Å²) in [6.07, 6.45) is 6.96. The van der Waals surface area contributed by atoms with E-state index in [0.717, 1.165) is 6.61 Å². The van der Waals surface area contributed by atoms with E-state index in [1.807, 2.05) is 0 Å². The number of rotatable bonds is 5. The van der Waals surface area contributed by atoms with E-state index in [1.54, 1.807) is 0 Å². The minimum Gasteiger partial charge on any atom is -0.378 e. The second kappa shape index (κ2) is 7.77. The average Bonchev–Trinajstić information content (AvgIpc) is 2.45. The Balaban J connectivity index is 1.92. The molecule has 0 bridgehead atoms. The van der Waals surface area contributed by atoms with Gasteiger partial charge < -0.3 is 10.1 Å². The minimum atomic E-state index is 0.453. The third-order valence-electron chi connectivity index (χ3n) is 5.01. The Kier molecular flexibility index (Phi) is 6.31. The molecule has 3 heteroatoms. The van der Waals surface area contributed by atoms with Crippen LogP contribution in [0.15, 0.2) is 0 Å². The average molecular weight is 282 g/mol. The first kappa shape index (κ1) is 16.3. The van der Waals surface area contributed by atoms with Gasteiger partial charge >= 0.3 is 0 Å². The van der Waals surface area contributed by atoms with E-state index < -0.39 is 0 Å². The Morgan fingerprint density at radius 1 is 1.15 bits per heavy atom. The van der Waals surface area contributed by atoms with Gasteiger partial charge in [-0.15, -0.1) is 0 Å². The molecule has 0 spiro atoms. The van der Waals surface area contributed by atoms with E-state index in [9.17, 15) is 0 Å². The number of hydrogen-bond acceptors (Lipinski definition) is 3. The lowest BCUT2D eigenvalue weighted by Gasteiger charge is -2.43. The third-order valence-corrected chi connectivity index (χ3v) is 5.01. The van der Waals surface area contributed by atoms with Gasteiger partial charge in [0.15, 0.2) is 0 Å². The maximum atomic E-state index is 5.95. The Bertz CT molecular complexity index is 274. The van der Waals surface area contributed by atoms with Crippen LogP contribution in [0.2, 0.25) is 0 Å². The molecule has 2 rings (SSSR count). The lowest BCUT2D eigenvalue weighted by molar-refractivity contribution is -0.0557. The number of ether oxygens (including phenoxy) is 1. The van der Waals surface area contributed by atoms with Gasteiger partial charge in [0.1, 0.15) is 0 Å². The van der Waals surface area contributed by atoms with Gasteiger partial charge in [-0.1, -0.05) is 20.3 Å². The molecule has 0 saturated carbocycles. The topological polar surface area (TPSA) is 24.5 Å². The van der Waals surface area contributed by atoms with Crippen LogP contribution >= 0.6 is 0 Å². The summed E-state index contributed by atoms with van der Waals surface area (Å²) in [5.41, 5.74) is 0. The molecule has 1 N–H and O–H groups in total. The second-order valence-electron chi connectivity index (χ2n) is 7.27. The minimum absolute atomic E-state index is 0.453. The van der Waals surface area contributed by atoms with Gasteiger partial charge in [-0.05, 0) is 52.0 Å². The molecule has 0 aromatic rings. The van der Waals surface area contributed by atoms with Gasteiger partial charge in [-0.3, -0.25) is 4.90 Å². The van der Waals surface area contributed by atoms with Gasteiger partial charge in [0.2, 0.25) is 0 Å². The van der Waals surface area contributed by atoms with Crippen LogP contribution in [-0.4, -0.2) is 48.8 Å². The number of nitrogens with one attached hydrogen (secondary N) is 1. The van der Waals surface area contributed by atoms with Crippen molar-refractivity contribution in [1.29, 1.82) is 0 Å². The lowest BCUT2D eigenvalue weighted by atomic mass is 9.93. The van der Waals surface area contributed by atoms with Crippen molar-refractivity contribution in [3.63, 3.8) is 0 Å². The SMILES string of the molecule is CC(C)C1CC(N(CC2CCCCN2)C(C)C)CCO1. The molecule has 0 aliphatic carbocycles. The first-order chi connectivity index (χ1) is 9.58. The molecule has 2 aliphatic rings. The molecule has 0 amide bonds. The van der Waals surface area contributed by atoms with Crippen molar-refractivity contribution in [3.8, 4) is 0 Å². The van der Waals surface area contributed by atoms with Gasteiger partial charge in [0, 0.05) is 31.3 Å². The Hall–Kier alpha value is -0.120. The highest BCUT2D eigenvalue weighted by Crippen LogP contribution is 2.26. The maximum absolute atomic E-state index is 5.95. The Morgan fingerprint density at radius 2 is 1.95 bits per heavy atom. The number of hydrogen-bond donors (Lipinski definition) is 1. The van der Waals surface area contributed by atoms with Gasteiger partial charge in [-0.2, -0.15) is 0 Å². The van der Waals surface area contributed by atoms with Crippen molar-refractivity contribution in [2.75, 3.05) is 19.7 Å². The van der Waals surface area contributed by atoms with E-state index >= 15 is 0 Å². The van der Waals surface area contributed by atoms with Crippen molar-refractivity contribution < 1.29 is 4.74 Å². The highest BCUT2D eigenvalue weighted by Gasteiger charge is 2.31. The van der Waals surface area contributed by atoms with Gasteiger partial charge in [0.25, 0.3) is 0 Å². The Labute approximate surface area is 125 Å². The number of nitrogens with zero attached hydrogens (tertiary/aromatic N) is 1. The molecular formula is C17H34N2O. The molecule has 118 valence electrons. The van der Waals surface area contributed by atoms with Crippen molar-refractivity contribution >= 4 is 0 Å². The highest BCUT2D eigenvalue weighted by molar-refractivity contribution is 4.86. The molecule has 0 aromatic carbocycles. The summed E-state index contributed by atoms with van der Waals surface area (Å²) in [6.45, 7) is 12.6. The Morgan fingerprint density at radius 3 is 2.55 bits per heavy atom. The fourth-order valence-electron chi connectivity index (χ4n) is 3.69. The quantitative estimate of drug-likeness (QED) is 0.839. The van der Waals surface area contributed by atoms with Crippen LogP contribution in [0.1, 0.15) is 59.8 Å². The first-order valence-corrected chi connectivity index (χ1v) is 8.68. The van der Waals surface area contributed by atoms with Crippen molar-refractivity contribution in [1.82, 2.24) is 10.2 Å². The summed E-state index contributed by atoms with van der Waals surface area (Å²) in [7, 11) is 0. The van der Waals surface area contributed by atoms with E-state index in [1.165, 1.54) is 45.2 Å². The molecule has 2 fully saturated rings. The zero-order valence-electron chi connectivity index (χ0n) is 13.9. The smallest absolute Gasteiger partial charge is 0.0612 e. The third kappa shape index (κ3) is 4.44. The summed E-state index contributed by atoms with van der Waals surface area (Å²) in [6, 6.07) is 2.04. The van der Waals surface area contributed by atoms with Crippen LogP contribution in [0.4, 0.5) is 0 Å². The molecule has 0 radical (unpaired) electrons. The standard InChI is InChI=1S/C17H34N2O/c1-13(2)17-11-16(8-10-20-17)19(14(3)4)12-15-7-5-6-9-18-15/h13-18H,5-12H2,1-4H3. The summed E-state index contributed by atoms with van der Waals surface area (Å²) in [5, 5.41) is 3.70. The molecule has 2 heterocycles. The predicted octanol–water partition coefficient (Wildman–Crippen LogP) is 3.04. The van der Waals surface area contributed by atoms with Crippen LogP contribution in [-0.2, 0) is 4.74 Å². The molecule has 3 nitrogen and oxygen atoms in total. The van der Waals surface area contributed by atoms with Gasteiger partial charge in [-0.25, -0.2) is 0 Å². The van der Waals surface area contributed by atoms with Gasteiger partial charge in [0.05, 0.1) is 6.10 Å². The summed E-state index contributed by atoms with van der Waals surface area (Å²) >= 11 is 0. The lowest BCUT2D eigenvalue weighted by Crippen LogP contribution is -2.52. The zero-order chi connectivity index (χ0) is 14.5. The maximum Gasteiger partial charge on any atom is 0.0612 e. The van der Waals surface area contributed by atoms with E-state index in [0.29, 0.717) is 30.1 Å². The molecule has 3 unspecified atom stereocenters.